The summed E-state index contributed by atoms with van der Waals surface area (Å²) < 4.78 is 4.66. The molecule has 0 aliphatic heterocycles. The molecule has 0 saturated carbocycles. The van der Waals surface area contributed by atoms with Gasteiger partial charge in [-0.1, -0.05) is 36.4 Å². The van der Waals surface area contributed by atoms with Gasteiger partial charge in [0.25, 0.3) is 0 Å². The molecule has 1 atom stereocenters. The van der Waals surface area contributed by atoms with E-state index in [9.17, 15) is 9.59 Å². The molecule has 4 heteroatoms. The van der Waals surface area contributed by atoms with Gasteiger partial charge in [-0.25, -0.2) is 4.79 Å². The lowest BCUT2D eigenvalue weighted by Crippen LogP contribution is -2.10. The highest BCUT2D eigenvalue weighted by molar-refractivity contribution is 6.34. The molecule has 0 fully saturated rings. The smallest absolute Gasteiger partial charge is 0.337 e. The third kappa shape index (κ3) is 3.31. The number of carbonyl (C=O) groups is 2. The summed E-state index contributed by atoms with van der Waals surface area (Å²) in [7, 11) is 1.32. The summed E-state index contributed by atoms with van der Waals surface area (Å²) in [5.41, 5.74) is 2.37. The third-order valence-corrected chi connectivity index (χ3v) is 3.69. The Balaban J connectivity index is 2.30. The molecular weight excluding hydrogens is 288 g/mol. The van der Waals surface area contributed by atoms with Crippen LogP contribution in [0.3, 0.4) is 0 Å². The number of alkyl halides is 1. The lowest BCUT2D eigenvalue weighted by molar-refractivity contribution is 0.0600. The van der Waals surface area contributed by atoms with Crippen LogP contribution in [-0.4, -0.2) is 18.9 Å². The van der Waals surface area contributed by atoms with Gasteiger partial charge in [-0.05, 0) is 30.2 Å². The van der Waals surface area contributed by atoms with Crippen LogP contribution in [-0.2, 0) is 4.74 Å². The summed E-state index contributed by atoms with van der Waals surface area (Å²) in [5.74, 6) is -0.612. The third-order valence-electron chi connectivity index (χ3n) is 3.24. The maximum atomic E-state index is 12.5. The maximum absolute atomic E-state index is 12.5. The van der Waals surface area contributed by atoms with Crippen molar-refractivity contribution in [3.05, 3.63) is 70.8 Å². The first-order valence-corrected chi connectivity index (χ1v) is 6.90. The fourth-order valence-corrected chi connectivity index (χ4v) is 2.36. The zero-order valence-electron chi connectivity index (χ0n) is 11.8. The molecule has 21 heavy (non-hydrogen) atoms. The lowest BCUT2D eigenvalue weighted by atomic mass is 9.97. The first-order valence-electron chi connectivity index (χ1n) is 6.46. The van der Waals surface area contributed by atoms with Crippen molar-refractivity contribution in [2.45, 2.75) is 12.3 Å². The molecule has 2 aromatic carbocycles. The summed E-state index contributed by atoms with van der Waals surface area (Å²) in [6.45, 7) is 1.77. The number of Topliss-reactive ketones (excluding diaryl/α,β-unsaturated/α-hetero) is 1. The number of ether oxygens (including phenoxy) is 1. The lowest BCUT2D eigenvalue weighted by Gasteiger charge is -2.11. The summed E-state index contributed by atoms with van der Waals surface area (Å²) >= 11 is 6.25. The topological polar surface area (TPSA) is 43.4 Å². The number of carbonyl (C=O) groups excluding carboxylic acids is 2. The fourth-order valence-electron chi connectivity index (χ4n) is 2.09. The number of halogens is 1. The second-order valence-corrected chi connectivity index (χ2v) is 5.10. The van der Waals surface area contributed by atoms with Gasteiger partial charge >= 0.3 is 5.97 Å². The minimum atomic E-state index is -0.742. The van der Waals surface area contributed by atoms with Crippen LogP contribution in [0.25, 0.3) is 0 Å². The van der Waals surface area contributed by atoms with E-state index in [1.165, 1.54) is 7.11 Å². The molecule has 0 amide bonds. The van der Waals surface area contributed by atoms with Gasteiger partial charge in [-0.15, -0.1) is 11.6 Å². The van der Waals surface area contributed by atoms with Crippen molar-refractivity contribution in [1.82, 2.24) is 0 Å². The zero-order chi connectivity index (χ0) is 15.4. The quantitative estimate of drug-likeness (QED) is 0.488. The van der Waals surface area contributed by atoms with Crippen molar-refractivity contribution in [3.63, 3.8) is 0 Å². The molecule has 0 spiro atoms. The van der Waals surface area contributed by atoms with E-state index in [1.54, 1.807) is 25.1 Å². The van der Waals surface area contributed by atoms with Gasteiger partial charge in [0.1, 0.15) is 5.38 Å². The molecule has 1 unspecified atom stereocenters. The monoisotopic (exact) mass is 302 g/mol. The first kappa shape index (κ1) is 15.3. The highest BCUT2D eigenvalue weighted by Gasteiger charge is 2.21. The molecule has 0 aliphatic rings. The van der Waals surface area contributed by atoms with Gasteiger partial charge in [0.15, 0.2) is 5.78 Å². The summed E-state index contributed by atoms with van der Waals surface area (Å²) in [6, 6.07) is 14.0. The minimum absolute atomic E-state index is 0.184. The molecule has 0 aliphatic carbocycles. The van der Waals surface area contributed by atoms with Crippen LogP contribution in [0, 0.1) is 6.92 Å². The van der Waals surface area contributed by atoms with Crippen molar-refractivity contribution in [2.75, 3.05) is 7.11 Å². The van der Waals surface area contributed by atoms with Crippen LogP contribution < -0.4 is 0 Å². The van der Waals surface area contributed by atoms with Crippen molar-refractivity contribution in [3.8, 4) is 0 Å². The van der Waals surface area contributed by atoms with Gasteiger partial charge in [0.05, 0.1) is 12.7 Å². The van der Waals surface area contributed by atoms with Crippen molar-refractivity contribution in [2.24, 2.45) is 0 Å². The van der Waals surface area contributed by atoms with E-state index in [0.717, 1.165) is 5.56 Å². The minimum Gasteiger partial charge on any atom is -0.465 e. The molecule has 2 aromatic rings. The molecule has 108 valence electrons. The van der Waals surface area contributed by atoms with Crippen LogP contribution >= 0.6 is 11.6 Å². The van der Waals surface area contributed by atoms with Crippen molar-refractivity contribution < 1.29 is 14.3 Å². The van der Waals surface area contributed by atoms with Gasteiger partial charge in [-0.2, -0.15) is 0 Å². The summed E-state index contributed by atoms with van der Waals surface area (Å²) in [5, 5.41) is -0.742. The Labute approximate surface area is 128 Å². The highest BCUT2D eigenvalue weighted by atomic mass is 35.5. The molecule has 0 radical (unpaired) electrons. The Morgan fingerprint density at radius 3 is 2.33 bits per heavy atom. The van der Waals surface area contributed by atoms with Crippen LogP contribution in [0.1, 0.15) is 37.2 Å². The molecule has 0 saturated heterocycles. The second-order valence-electron chi connectivity index (χ2n) is 4.66. The van der Waals surface area contributed by atoms with Crippen LogP contribution in [0.15, 0.2) is 48.5 Å². The molecule has 0 aromatic heterocycles. The Hall–Kier alpha value is -2.13. The number of ketones is 1. The Bertz CT molecular complexity index is 665. The van der Waals surface area contributed by atoms with Crippen LogP contribution in [0.5, 0.6) is 0 Å². The van der Waals surface area contributed by atoms with E-state index in [-0.39, 0.29) is 5.78 Å². The number of benzene rings is 2. The average molecular weight is 303 g/mol. The average Bonchev–Trinajstić information content (AvgIpc) is 2.53. The number of esters is 1. The largest absolute Gasteiger partial charge is 0.465 e. The van der Waals surface area contributed by atoms with Gasteiger partial charge in [0.2, 0.25) is 0 Å². The van der Waals surface area contributed by atoms with Gasteiger partial charge < -0.3 is 4.74 Å². The second kappa shape index (κ2) is 6.55. The summed E-state index contributed by atoms with van der Waals surface area (Å²) in [6.07, 6.45) is 0. The van der Waals surface area contributed by atoms with Crippen LogP contribution in [0.2, 0.25) is 0 Å². The highest BCUT2D eigenvalue weighted by Crippen LogP contribution is 2.26. The normalized spacial score (nSPS) is 11.8. The summed E-state index contributed by atoms with van der Waals surface area (Å²) in [4.78, 5) is 23.9. The molecule has 2 rings (SSSR count). The van der Waals surface area contributed by atoms with Crippen molar-refractivity contribution >= 4 is 23.4 Å². The molecule has 0 bridgehead atoms. The van der Waals surface area contributed by atoms with E-state index in [4.69, 9.17) is 11.6 Å². The van der Waals surface area contributed by atoms with E-state index in [1.807, 2.05) is 30.3 Å². The van der Waals surface area contributed by atoms with E-state index in [0.29, 0.717) is 16.7 Å². The SMILES string of the molecule is COC(=O)c1ccc(C(=O)C(Cl)c2ccccc2)c(C)c1. The van der Waals surface area contributed by atoms with Crippen LogP contribution in [0.4, 0.5) is 0 Å². The van der Waals surface area contributed by atoms with E-state index >= 15 is 0 Å². The Morgan fingerprint density at radius 2 is 1.76 bits per heavy atom. The predicted octanol–water partition coefficient (Wildman–Crippen LogP) is 3.94. The standard InChI is InChI=1S/C17H15ClO3/c1-11-10-13(17(20)21-2)8-9-14(11)16(19)15(18)12-6-4-3-5-7-12/h3-10,15H,1-2H3. The molecular formula is C17H15ClO3. The molecule has 0 heterocycles. The van der Waals surface area contributed by atoms with E-state index < -0.39 is 11.3 Å². The van der Waals surface area contributed by atoms with Crippen molar-refractivity contribution in [1.29, 1.82) is 0 Å². The van der Waals surface area contributed by atoms with E-state index in [2.05, 4.69) is 4.74 Å². The Morgan fingerprint density at radius 1 is 1.10 bits per heavy atom. The number of rotatable bonds is 4. The van der Waals surface area contributed by atoms with Gasteiger partial charge in [0, 0.05) is 5.56 Å². The van der Waals surface area contributed by atoms with Gasteiger partial charge in [-0.3, -0.25) is 4.79 Å². The Kier molecular flexibility index (Phi) is 4.76. The fraction of sp³-hybridized carbons (Fsp3) is 0.176. The number of aryl methyl sites for hydroxylation is 1. The number of methoxy groups -OCH3 is 1. The first-order chi connectivity index (χ1) is 10.0. The maximum Gasteiger partial charge on any atom is 0.337 e. The molecule has 0 N–H and O–H groups in total. The molecule has 3 nitrogen and oxygen atoms in total. The predicted molar refractivity (Wildman–Crippen MR) is 81.9 cm³/mol. The number of hydrogen-bond acceptors (Lipinski definition) is 3. The number of hydrogen-bond donors (Lipinski definition) is 0. The zero-order valence-corrected chi connectivity index (χ0v) is 12.6.